The molecule has 7 nitrogen and oxygen atoms in total. The Morgan fingerprint density at radius 3 is 2.30 bits per heavy atom. The fourth-order valence-corrected chi connectivity index (χ4v) is 2.40. The van der Waals surface area contributed by atoms with Gasteiger partial charge in [0.1, 0.15) is 0 Å². The average molecular weight is 318 g/mol. The predicted octanol–water partition coefficient (Wildman–Crippen LogP) is -0.693. The second kappa shape index (κ2) is 8.28. The van der Waals surface area contributed by atoms with Crippen molar-refractivity contribution in [1.82, 2.24) is 20.4 Å². The molecular formula is C16H22N4O3. The van der Waals surface area contributed by atoms with Crippen LogP contribution in [-0.2, 0) is 9.59 Å². The molecule has 23 heavy (non-hydrogen) atoms. The molecule has 1 aromatic carbocycles. The minimum atomic E-state index is -0.253. The number of carbonyl (C=O) groups is 3. The molecule has 1 aliphatic rings. The van der Waals surface area contributed by atoms with E-state index in [2.05, 4.69) is 10.6 Å². The number of carbonyl (C=O) groups excluding carboxylic acids is 3. The molecule has 1 aromatic rings. The zero-order valence-electron chi connectivity index (χ0n) is 13.2. The van der Waals surface area contributed by atoms with Crippen LogP contribution in [0.3, 0.4) is 0 Å². The summed E-state index contributed by atoms with van der Waals surface area (Å²) in [4.78, 5) is 39.1. The Hall–Kier alpha value is -2.41. The normalized spacial score (nSPS) is 15.1. The maximum atomic E-state index is 12.1. The third-order valence-electron chi connectivity index (χ3n) is 3.81. The molecule has 2 rings (SSSR count). The van der Waals surface area contributed by atoms with Crippen molar-refractivity contribution < 1.29 is 14.4 Å². The van der Waals surface area contributed by atoms with E-state index in [1.807, 2.05) is 11.0 Å². The zero-order valence-corrected chi connectivity index (χ0v) is 13.2. The van der Waals surface area contributed by atoms with E-state index in [4.69, 9.17) is 0 Å². The molecule has 0 aromatic heterocycles. The fourth-order valence-electron chi connectivity index (χ4n) is 2.40. The predicted molar refractivity (Wildman–Crippen MR) is 85.9 cm³/mol. The molecule has 0 unspecified atom stereocenters. The monoisotopic (exact) mass is 318 g/mol. The van der Waals surface area contributed by atoms with Gasteiger partial charge in [0.2, 0.25) is 11.8 Å². The van der Waals surface area contributed by atoms with Crippen LogP contribution in [0.15, 0.2) is 30.3 Å². The van der Waals surface area contributed by atoms with Crippen molar-refractivity contribution in [2.24, 2.45) is 0 Å². The quantitative estimate of drug-likeness (QED) is 0.753. The molecule has 124 valence electrons. The molecule has 7 heteroatoms. The highest BCUT2D eigenvalue weighted by atomic mass is 16.2. The summed E-state index contributed by atoms with van der Waals surface area (Å²) in [6.07, 6.45) is 0. The first-order valence-electron chi connectivity index (χ1n) is 7.64. The SMILES string of the molecule is CNC(=O)CN1CCN(C(=O)CNC(=O)c2ccccc2)CC1. The highest BCUT2D eigenvalue weighted by molar-refractivity contribution is 5.96. The first-order chi connectivity index (χ1) is 11.1. The molecule has 0 aliphatic carbocycles. The largest absolute Gasteiger partial charge is 0.358 e. The molecule has 0 bridgehead atoms. The van der Waals surface area contributed by atoms with Gasteiger partial charge in [-0.25, -0.2) is 0 Å². The smallest absolute Gasteiger partial charge is 0.251 e. The van der Waals surface area contributed by atoms with Crippen molar-refractivity contribution in [2.45, 2.75) is 0 Å². The van der Waals surface area contributed by atoms with Gasteiger partial charge in [-0.3, -0.25) is 19.3 Å². The van der Waals surface area contributed by atoms with E-state index in [9.17, 15) is 14.4 Å². The van der Waals surface area contributed by atoms with E-state index in [1.54, 1.807) is 36.2 Å². The van der Waals surface area contributed by atoms with Crippen LogP contribution in [0, 0.1) is 0 Å². The summed E-state index contributed by atoms with van der Waals surface area (Å²) in [6, 6.07) is 8.81. The molecule has 1 fully saturated rings. The van der Waals surface area contributed by atoms with Gasteiger partial charge in [0, 0.05) is 38.8 Å². The van der Waals surface area contributed by atoms with Crippen LogP contribution in [0.4, 0.5) is 0 Å². The Labute approximate surface area is 135 Å². The Morgan fingerprint density at radius 1 is 1.04 bits per heavy atom. The van der Waals surface area contributed by atoms with Gasteiger partial charge in [0.05, 0.1) is 13.1 Å². The maximum Gasteiger partial charge on any atom is 0.251 e. The number of nitrogens with zero attached hydrogens (tertiary/aromatic N) is 2. The van der Waals surface area contributed by atoms with Gasteiger partial charge in [0.25, 0.3) is 5.91 Å². The van der Waals surface area contributed by atoms with Gasteiger partial charge in [-0.05, 0) is 12.1 Å². The van der Waals surface area contributed by atoms with Crippen LogP contribution < -0.4 is 10.6 Å². The van der Waals surface area contributed by atoms with Gasteiger partial charge >= 0.3 is 0 Å². The number of nitrogens with one attached hydrogen (secondary N) is 2. The zero-order chi connectivity index (χ0) is 16.7. The lowest BCUT2D eigenvalue weighted by Gasteiger charge is -2.34. The van der Waals surface area contributed by atoms with E-state index < -0.39 is 0 Å². The first kappa shape index (κ1) is 17.0. The number of piperazine rings is 1. The molecule has 0 radical (unpaired) electrons. The lowest BCUT2D eigenvalue weighted by molar-refractivity contribution is -0.132. The first-order valence-corrected chi connectivity index (χ1v) is 7.64. The third kappa shape index (κ3) is 5.07. The fraction of sp³-hybridized carbons (Fsp3) is 0.438. The summed E-state index contributed by atoms with van der Waals surface area (Å²) in [7, 11) is 1.61. The van der Waals surface area contributed by atoms with Gasteiger partial charge in [-0.15, -0.1) is 0 Å². The molecule has 3 amide bonds. The Bertz CT molecular complexity index is 554. The van der Waals surface area contributed by atoms with Gasteiger partial charge in [-0.1, -0.05) is 18.2 Å². The van der Waals surface area contributed by atoms with Crippen molar-refractivity contribution in [3.63, 3.8) is 0 Å². The summed E-state index contributed by atoms with van der Waals surface area (Å²) in [5.74, 6) is -0.383. The molecule has 2 N–H and O–H groups in total. The number of likely N-dealkylation sites (N-methyl/N-ethyl adjacent to an activating group) is 1. The summed E-state index contributed by atoms with van der Waals surface area (Å²) in [6.45, 7) is 2.79. The van der Waals surface area contributed by atoms with Gasteiger partial charge in [-0.2, -0.15) is 0 Å². The van der Waals surface area contributed by atoms with Crippen LogP contribution in [0.2, 0.25) is 0 Å². The number of rotatable bonds is 5. The molecule has 1 aliphatic heterocycles. The number of benzene rings is 1. The average Bonchev–Trinajstić information content (AvgIpc) is 2.60. The summed E-state index contributed by atoms with van der Waals surface area (Å²) in [5.41, 5.74) is 0.538. The Kier molecular flexibility index (Phi) is 6.10. The van der Waals surface area contributed by atoms with Crippen LogP contribution in [0.5, 0.6) is 0 Å². The third-order valence-corrected chi connectivity index (χ3v) is 3.81. The summed E-state index contributed by atoms with van der Waals surface area (Å²) in [5, 5.41) is 5.23. The minimum absolute atomic E-state index is 0.0107. The lowest BCUT2D eigenvalue weighted by atomic mass is 10.2. The van der Waals surface area contributed by atoms with Crippen molar-refractivity contribution in [1.29, 1.82) is 0 Å². The standard InChI is InChI=1S/C16H22N4O3/c1-17-14(21)12-19-7-9-20(10-8-19)15(22)11-18-16(23)13-5-3-2-4-6-13/h2-6H,7-12H2,1H3,(H,17,21)(H,18,23). The van der Waals surface area contributed by atoms with E-state index >= 15 is 0 Å². The van der Waals surface area contributed by atoms with Crippen LogP contribution >= 0.6 is 0 Å². The van der Waals surface area contributed by atoms with Gasteiger partial charge in [0.15, 0.2) is 0 Å². The van der Waals surface area contributed by atoms with Crippen molar-refractivity contribution in [3.05, 3.63) is 35.9 Å². The van der Waals surface area contributed by atoms with Crippen molar-refractivity contribution in [2.75, 3.05) is 46.3 Å². The number of hydrogen-bond donors (Lipinski definition) is 2. The van der Waals surface area contributed by atoms with Gasteiger partial charge < -0.3 is 15.5 Å². The highest BCUT2D eigenvalue weighted by Gasteiger charge is 2.22. The number of hydrogen-bond acceptors (Lipinski definition) is 4. The van der Waals surface area contributed by atoms with E-state index in [0.29, 0.717) is 38.3 Å². The summed E-state index contributed by atoms with van der Waals surface area (Å²) >= 11 is 0. The molecule has 1 heterocycles. The van der Waals surface area contributed by atoms with E-state index in [1.165, 1.54) is 0 Å². The van der Waals surface area contributed by atoms with Crippen LogP contribution in [0.1, 0.15) is 10.4 Å². The second-order valence-electron chi connectivity index (χ2n) is 5.38. The van der Waals surface area contributed by atoms with Crippen LogP contribution in [-0.4, -0.2) is 73.8 Å². The minimum Gasteiger partial charge on any atom is -0.358 e. The van der Waals surface area contributed by atoms with Crippen molar-refractivity contribution >= 4 is 17.7 Å². The van der Waals surface area contributed by atoms with Crippen molar-refractivity contribution in [3.8, 4) is 0 Å². The number of amides is 3. The molecule has 1 saturated heterocycles. The molecular weight excluding hydrogens is 296 g/mol. The highest BCUT2D eigenvalue weighted by Crippen LogP contribution is 2.02. The second-order valence-corrected chi connectivity index (χ2v) is 5.38. The topological polar surface area (TPSA) is 81.8 Å². The molecule has 0 saturated carbocycles. The molecule has 0 atom stereocenters. The maximum absolute atomic E-state index is 12.1. The Morgan fingerprint density at radius 2 is 1.70 bits per heavy atom. The lowest BCUT2D eigenvalue weighted by Crippen LogP contribution is -2.52. The van der Waals surface area contributed by atoms with Crippen LogP contribution in [0.25, 0.3) is 0 Å². The molecule has 0 spiro atoms. The van der Waals surface area contributed by atoms with E-state index in [-0.39, 0.29) is 24.3 Å². The van der Waals surface area contributed by atoms with E-state index in [0.717, 1.165) is 0 Å². The summed E-state index contributed by atoms with van der Waals surface area (Å²) < 4.78 is 0. The Balaban J connectivity index is 1.73.